The van der Waals surface area contributed by atoms with Crippen LogP contribution in [0.4, 0.5) is 0 Å². The molecule has 0 unspecified atom stereocenters. The van der Waals surface area contributed by atoms with Crippen LogP contribution in [0, 0.1) is 0 Å². The molecule has 0 aromatic carbocycles. The van der Waals surface area contributed by atoms with Gasteiger partial charge in [-0.05, 0) is 82.8 Å². The second-order valence-electron chi connectivity index (χ2n) is 8.67. The quantitative estimate of drug-likeness (QED) is 0.830. The molecular formula is C21H32N6. The highest BCUT2D eigenvalue weighted by molar-refractivity contribution is 5.43. The van der Waals surface area contributed by atoms with Crippen LogP contribution in [0.5, 0.6) is 0 Å². The van der Waals surface area contributed by atoms with Gasteiger partial charge in [0.15, 0.2) is 11.5 Å². The van der Waals surface area contributed by atoms with E-state index in [1.165, 1.54) is 95.5 Å². The van der Waals surface area contributed by atoms with E-state index in [4.69, 9.17) is 5.10 Å². The van der Waals surface area contributed by atoms with Gasteiger partial charge in [0.25, 0.3) is 0 Å². The van der Waals surface area contributed by atoms with Crippen molar-refractivity contribution in [1.29, 1.82) is 0 Å². The minimum Gasteiger partial charge on any atom is -0.302 e. The van der Waals surface area contributed by atoms with Gasteiger partial charge in [-0.3, -0.25) is 0 Å². The number of nitrogens with zero attached hydrogens (tertiary/aromatic N) is 6. The Morgan fingerprint density at radius 3 is 2.33 bits per heavy atom. The summed E-state index contributed by atoms with van der Waals surface area (Å²) in [6, 6.07) is 2.21. The van der Waals surface area contributed by atoms with Gasteiger partial charge in [-0.2, -0.15) is 9.61 Å². The SMILES string of the molecule is c1c2c(nn3c(C4CCN(CCN5CCCCCC5)CC4)nnc13)CCC2. The van der Waals surface area contributed by atoms with Crippen LogP contribution in [0.3, 0.4) is 0 Å². The highest BCUT2D eigenvalue weighted by Crippen LogP contribution is 2.28. The minimum atomic E-state index is 0.501. The zero-order chi connectivity index (χ0) is 18.1. The summed E-state index contributed by atoms with van der Waals surface area (Å²) in [7, 11) is 0. The Morgan fingerprint density at radius 2 is 1.56 bits per heavy atom. The van der Waals surface area contributed by atoms with Crippen molar-refractivity contribution < 1.29 is 0 Å². The molecule has 5 rings (SSSR count). The second kappa shape index (κ2) is 7.84. The van der Waals surface area contributed by atoms with E-state index in [1.807, 2.05) is 4.52 Å². The van der Waals surface area contributed by atoms with E-state index in [2.05, 4.69) is 26.1 Å². The van der Waals surface area contributed by atoms with Crippen molar-refractivity contribution in [2.45, 2.75) is 63.7 Å². The average molecular weight is 369 g/mol. The number of likely N-dealkylation sites (tertiary alicyclic amines) is 2. The Morgan fingerprint density at radius 1 is 0.815 bits per heavy atom. The zero-order valence-electron chi connectivity index (χ0n) is 16.4. The molecule has 0 atom stereocenters. The van der Waals surface area contributed by atoms with Crippen molar-refractivity contribution in [1.82, 2.24) is 29.6 Å². The molecule has 0 radical (unpaired) electrons. The van der Waals surface area contributed by atoms with Crippen molar-refractivity contribution in [2.75, 3.05) is 39.3 Å². The summed E-state index contributed by atoms with van der Waals surface area (Å²) in [6.07, 6.45) is 11.5. The standard InChI is InChI=1S/C21H32N6/c1-2-4-11-25(10-3-1)14-15-26-12-8-17(9-13-26)21-23-22-20-16-18-6-5-7-19(18)24-27(20)21/h16-17H,1-15H2. The Labute approximate surface area is 161 Å². The maximum atomic E-state index is 4.89. The van der Waals surface area contributed by atoms with Gasteiger partial charge in [0.05, 0.1) is 5.69 Å². The summed E-state index contributed by atoms with van der Waals surface area (Å²) in [5.41, 5.74) is 3.58. The van der Waals surface area contributed by atoms with Crippen molar-refractivity contribution in [2.24, 2.45) is 0 Å². The largest absolute Gasteiger partial charge is 0.302 e. The number of piperidine rings is 1. The number of aromatic nitrogens is 4. The second-order valence-corrected chi connectivity index (χ2v) is 8.67. The van der Waals surface area contributed by atoms with Crippen LogP contribution in [-0.2, 0) is 12.8 Å². The van der Waals surface area contributed by atoms with Gasteiger partial charge in [0, 0.05) is 19.0 Å². The fourth-order valence-corrected chi connectivity index (χ4v) is 5.11. The highest BCUT2D eigenvalue weighted by atomic mass is 15.4. The summed E-state index contributed by atoms with van der Waals surface area (Å²) in [5, 5.41) is 13.9. The van der Waals surface area contributed by atoms with Gasteiger partial charge in [-0.15, -0.1) is 10.2 Å². The van der Waals surface area contributed by atoms with Gasteiger partial charge in [0.1, 0.15) is 0 Å². The van der Waals surface area contributed by atoms with Crippen LogP contribution in [0.1, 0.15) is 67.9 Å². The molecule has 2 saturated heterocycles. The summed E-state index contributed by atoms with van der Waals surface area (Å²) >= 11 is 0. The molecule has 2 aromatic heterocycles. The van der Waals surface area contributed by atoms with Crippen LogP contribution in [0.2, 0.25) is 0 Å². The molecular weight excluding hydrogens is 336 g/mol. The molecule has 0 amide bonds. The predicted octanol–water partition coefficient (Wildman–Crippen LogP) is 2.67. The third-order valence-corrected chi connectivity index (χ3v) is 6.83. The molecule has 1 aliphatic carbocycles. The third kappa shape index (κ3) is 3.74. The Balaban J connectivity index is 1.19. The lowest BCUT2D eigenvalue weighted by Gasteiger charge is -2.32. The zero-order valence-corrected chi connectivity index (χ0v) is 16.4. The third-order valence-electron chi connectivity index (χ3n) is 6.83. The molecule has 27 heavy (non-hydrogen) atoms. The smallest absolute Gasteiger partial charge is 0.178 e. The van der Waals surface area contributed by atoms with Gasteiger partial charge < -0.3 is 9.80 Å². The first-order valence-corrected chi connectivity index (χ1v) is 11.1. The maximum Gasteiger partial charge on any atom is 0.178 e. The molecule has 2 aromatic rings. The summed E-state index contributed by atoms with van der Waals surface area (Å²) in [4.78, 5) is 5.32. The number of hydrogen-bond acceptors (Lipinski definition) is 5. The molecule has 146 valence electrons. The van der Waals surface area contributed by atoms with E-state index in [1.54, 1.807) is 0 Å². The van der Waals surface area contributed by atoms with Crippen molar-refractivity contribution in [3.63, 3.8) is 0 Å². The number of fused-ring (bicyclic) bond motifs is 2. The molecule has 0 spiro atoms. The Hall–Kier alpha value is -1.53. The van der Waals surface area contributed by atoms with Crippen LogP contribution < -0.4 is 0 Å². The Bertz CT molecular complexity index is 768. The number of aryl methyl sites for hydroxylation is 2. The fraction of sp³-hybridized carbons (Fsp3) is 0.762. The summed E-state index contributed by atoms with van der Waals surface area (Å²) in [6.45, 7) is 7.43. The highest BCUT2D eigenvalue weighted by Gasteiger charge is 2.26. The lowest BCUT2D eigenvalue weighted by atomic mass is 9.96. The predicted molar refractivity (Wildman–Crippen MR) is 106 cm³/mol. The normalized spacial score (nSPS) is 23.0. The van der Waals surface area contributed by atoms with Crippen LogP contribution in [0.25, 0.3) is 5.65 Å². The van der Waals surface area contributed by atoms with Crippen molar-refractivity contribution >= 4 is 5.65 Å². The molecule has 6 nitrogen and oxygen atoms in total. The molecule has 2 aliphatic heterocycles. The van der Waals surface area contributed by atoms with Crippen LogP contribution >= 0.6 is 0 Å². The first-order valence-electron chi connectivity index (χ1n) is 11.1. The summed E-state index contributed by atoms with van der Waals surface area (Å²) < 4.78 is 2.04. The maximum absolute atomic E-state index is 4.89. The van der Waals surface area contributed by atoms with Crippen LogP contribution in [-0.4, -0.2) is 68.9 Å². The first-order chi connectivity index (χ1) is 13.4. The molecule has 0 saturated carbocycles. The monoisotopic (exact) mass is 368 g/mol. The van der Waals surface area contributed by atoms with Gasteiger partial charge in [0.2, 0.25) is 0 Å². The summed E-state index contributed by atoms with van der Waals surface area (Å²) in [5.74, 6) is 1.59. The van der Waals surface area contributed by atoms with E-state index in [0.717, 1.165) is 24.3 Å². The molecule has 4 heterocycles. The van der Waals surface area contributed by atoms with Gasteiger partial charge >= 0.3 is 0 Å². The fourth-order valence-electron chi connectivity index (χ4n) is 5.11. The first kappa shape index (κ1) is 17.6. The number of rotatable bonds is 4. The number of hydrogen-bond donors (Lipinski definition) is 0. The lowest BCUT2D eigenvalue weighted by molar-refractivity contribution is 0.172. The van der Waals surface area contributed by atoms with Crippen molar-refractivity contribution in [3.8, 4) is 0 Å². The van der Waals surface area contributed by atoms with Gasteiger partial charge in [-0.1, -0.05) is 12.8 Å². The Kier molecular flexibility index (Phi) is 5.10. The van der Waals surface area contributed by atoms with E-state index in [0.29, 0.717) is 5.92 Å². The molecule has 3 aliphatic rings. The van der Waals surface area contributed by atoms with E-state index >= 15 is 0 Å². The average Bonchev–Trinajstić information content (AvgIpc) is 3.23. The van der Waals surface area contributed by atoms with E-state index in [-0.39, 0.29) is 0 Å². The molecule has 0 N–H and O–H groups in total. The van der Waals surface area contributed by atoms with Crippen LogP contribution in [0.15, 0.2) is 6.07 Å². The van der Waals surface area contributed by atoms with E-state index in [9.17, 15) is 0 Å². The molecule has 0 bridgehead atoms. The molecule has 6 heteroatoms. The van der Waals surface area contributed by atoms with Crippen molar-refractivity contribution in [3.05, 3.63) is 23.1 Å². The lowest BCUT2D eigenvalue weighted by Crippen LogP contribution is -2.39. The van der Waals surface area contributed by atoms with Gasteiger partial charge in [-0.25, -0.2) is 0 Å². The topological polar surface area (TPSA) is 49.6 Å². The minimum absolute atomic E-state index is 0.501. The van der Waals surface area contributed by atoms with E-state index < -0.39 is 0 Å². The molecule has 2 fully saturated rings.